The molecule has 10 heteroatoms. The summed E-state index contributed by atoms with van der Waals surface area (Å²) in [6, 6.07) is 26.7. The van der Waals surface area contributed by atoms with Crippen molar-refractivity contribution in [2.75, 3.05) is 37.6 Å². The van der Waals surface area contributed by atoms with E-state index in [2.05, 4.69) is 85.0 Å². The van der Waals surface area contributed by atoms with Gasteiger partial charge in [-0.15, -0.1) is 0 Å². The number of rotatable bonds is 10. The number of hydrogen-bond donors (Lipinski definition) is 3. The summed E-state index contributed by atoms with van der Waals surface area (Å²) in [4.78, 5) is 26.9. The monoisotopic (exact) mass is 728 g/mol. The first-order valence-corrected chi connectivity index (χ1v) is 20.0. The molecule has 4 aromatic rings. The van der Waals surface area contributed by atoms with Crippen LogP contribution >= 0.6 is 0 Å². The summed E-state index contributed by atoms with van der Waals surface area (Å²) >= 11 is 0. The van der Waals surface area contributed by atoms with Gasteiger partial charge in [0.15, 0.2) is 6.29 Å². The fourth-order valence-corrected chi connectivity index (χ4v) is 10.4. The topological polar surface area (TPSA) is 112 Å². The third-order valence-corrected chi connectivity index (χ3v) is 12.7. The van der Waals surface area contributed by atoms with Crippen molar-refractivity contribution in [3.8, 4) is 11.1 Å². The Morgan fingerprint density at radius 2 is 1.44 bits per heavy atom. The Morgan fingerprint density at radius 1 is 0.778 bits per heavy atom. The van der Waals surface area contributed by atoms with Gasteiger partial charge in [0.1, 0.15) is 0 Å². The molecule has 3 atom stereocenters. The van der Waals surface area contributed by atoms with Crippen LogP contribution in [0.2, 0.25) is 0 Å². The largest absolute Gasteiger partial charge is 0.392 e. The highest BCUT2D eigenvalue weighted by molar-refractivity contribution is 5.76. The van der Waals surface area contributed by atoms with Gasteiger partial charge in [0.05, 0.1) is 18.8 Å². The van der Waals surface area contributed by atoms with E-state index in [9.17, 15) is 9.90 Å². The lowest BCUT2D eigenvalue weighted by Gasteiger charge is -2.56. The minimum absolute atomic E-state index is 0.00881. The van der Waals surface area contributed by atoms with E-state index in [-0.39, 0.29) is 30.4 Å². The van der Waals surface area contributed by atoms with Crippen LogP contribution in [0.3, 0.4) is 0 Å². The molecule has 4 bridgehead atoms. The number of aromatic nitrogens is 2. The third-order valence-electron chi connectivity index (χ3n) is 12.7. The zero-order valence-electron chi connectivity index (χ0n) is 31.0. The second-order valence-electron chi connectivity index (χ2n) is 16.5. The maximum atomic E-state index is 13.3. The molecule has 4 saturated carbocycles. The standard InChI is InChI=1S/C44H52N6O4/c51-29-30-6-8-35(9-7-30)40-23-38(28-49-16-18-50(19-17-49)42-45-14-3-15-46-42)53-41(54-40)36-12-10-34(11-13-36)39-5-2-1-4-37(39)27-47-43(52)48-44-24-31-20-32(25-44)22-33(21-31)26-44/h1-15,31-33,38,40-41,51H,16-29H2,(H2,47,48,52)/t31?,32?,33?,38-,40+,41+,44?/m1/s1. The number of nitrogens with zero attached hydrogens (tertiary/aromatic N) is 4. The lowest BCUT2D eigenvalue weighted by Crippen LogP contribution is -2.61. The number of ether oxygens (including phenoxy) is 2. The number of nitrogens with one attached hydrogen (secondary N) is 2. The zero-order valence-corrected chi connectivity index (χ0v) is 31.0. The van der Waals surface area contributed by atoms with Crippen LogP contribution in [0.5, 0.6) is 0 Å². The van der Waals surface area contributed by atoms with Gasteiger partial charge in [-0.3, -0.25) is 4.90 Å². The van der Waals surface area contributed by atoms with Crippen LogP contribution in [0.15, 0.2) is 91.3 Å². The van der Waals surface area contributed by atoms with Crippen molar-refractivity contribution in [2.45, 2.75) is 82.1 Å². The molecule has 6 fully saturated rings. The van der Waals surface area contributed by atoms with Gasteiger partial charge >= 0.3 is 6.03 Å². The molecule has 0 spiro atoms. The molecule has 1 aromatic heterocycles. The first kappa shape index (κ1) is 35.4. The first-order chi connectivity index (χ1) is 26.5. The second-order valence-corrected chi connectivity index (χ2v) is 16.5. The fourth-order valence-electron chi connectivity index (χ4n) is 10.4. The Hall–Kier alpha value is -4.35. The van der Waals surface area contributed by atoms with Gasteiger partial charge in [-0.25, -0.2) is 14.8 Å². The van der Waals surface area contributed by atoms with Crippen LogP contribution in [0.4, 0.5) is 10.7 Å². The minimum Gasteiger partial charge on any atom is -0.392 e. The van der Waals surface area contributed by atoms with Crippen LogP contribution < -0.4 is 15.5 Å². The summed E-state index contributed by atoms with van der Waals surface area (Å²) in [5.74, 6) is 3.15. The number of hydrogen-bond acceptors (Lipinski definition) is 8. The molecule has 0 radical (unpaired) electrons. The van der Waals surface area contributed by atoms with E-state index in [1.165, 1.54) is 19.3 Å². The summed E-state index contributed by atoms with van der Waals surface area (Å²) < 4.78 is 13.4. The maximum absolute atomic E-state index is 13.3. The Morgan fingerprint density at radius 3 is 2.13 bits per heavy atom. The van der Waals surface area contributed by atoms with Crippen LogP contribution in [0.1, 0.15) is 79.6 Å². The highest BCUT2D eigenvalue weighted by Gasteiger charge is 2.51. The second kappa shape index (κ2) is 15.4. The van der Waals surface area contributed by atoms with Crippen molar-refractivity contribution in [2.24, 2.45) is 17.8 Å². The molecule has 10 rings (SSSR count). The van der Waals surface area contributed by atoms with E-state index in [0.29, 0.717) is 6.54 Å². The fraction of sp³-hybridized carbons (Fsp3) is 0.477. The third kappa shape index (κ3) is 7.75. The Kier molecular flexibility index (Phi) is 10.1. The van der Waals surface area contributed by atoms with Crippen LogP contribution in [-0.2, 0) is 22.6 Å². The molecule has 4 aliphatic carbocycles. The van der Waals surface area contributed by atoms with E-state index in [4.69, 9.17) is 9.47 Å². The van der Waals surface area contributed by atoms with Gasteiger partial charge in [-0.2, -0.15) is 0 Å². The van der Waals surface area contributed by atoms with Gasteiger partial charge in [0, 0.05) is 69.2 Å². The van der Waals surface area contributed by atoms with Crippen molar-refractivity contribution >= 4 is 12.0 Å². The predicted octanol–water partition coefficient (Wildman–Crippen LogP) is 6.77. The first-order valence-electron chi connectivity index (χ1n) is 20.0. The molecule has 3 N–H and O–H groups in total. The molecular formula is C44H52N6O4. The van der Waals surface area contributed by atoms with Crippen molar-refractivity contribution in [3.63, 3.8) is 0 Å². The number of benzene rings is 3. The lowest BCUT2D eigenvalue weighted by atomic mass is 9.53. The highest BCUT2D eigenvalue weighted by Crippen LogP contribution is 2.55. The Bertz CT molecular complexity index is 1850. The summed E-state index contributed by atoms with van der Waals surface area (Å²) in [7, 11) is 0. The number of piperazine rings is 1. The normalized spacial score (nSPS) is 29.2. The Labute approximate surface area is 318 Å². The summed E-state index contributed by atoms with van der Waals surface area (Å²) in [6.07, 6.45) is 11.1. The molecule has 3 aromatic carbocycles. The SMILES string of the molecule is O=C(NCc1ccccc1-c1ccc([C@H]2O[C@@H](CN3CCN(c4ncccn4)CC3)C[C@@H](c3ccc(CO)cc3)O2)cc1)NC12CC3CC(CC(C3)C1)C2. The van der Waals surface area contributed by atoms with Crippen LogP contribution in [-0.4, -0.2) is 70.4 Å². The van der Waals surface area contributed by atoms with Gasteiger partial charge in [-0.05, 0) is 90.2 Å². The van der Waals surface area contributed by atoms with Crippen molar-refractivity contribution in [1.29, 1.82) is 0 Å². The summed E-state index contributed by atoms with van der Waals surface area (Å²) in [6.45, 7) is 4.85. The molecular weight excluding hydrogens is 677 g/mol. The Balaban J connectivity index is 0.866. The molecule has 0 unspecified atom stereocenters. The molecule has 282 valence electrons. The van der Waals surface area contributed by atoms with Gasteiger partial charge in [0.25, 0.3) is 0 Å². The van der Waals surface area contributed by atoms with E-state index < -0.39 is 6.29 Å². The number of aliphatic hydroxyl groups excluding tert-OH is 1. The van der Waals surface area contributed by atoms with Crippen LogP contribution in [0.25, 0.3) is 11.1 Å². The van der Waals surface area contributed by atoms with Crippen molar-refractivity contribution < 1.29 is 19.4 Å². The number of anilines is 1. The van der Waals surface area contributed by atoms with E-state index in [1.807, 2.05) is 24.3 Å². The number of carbonyl (C=O) groups excluding carboxylic acids is 1. The molecule has 10 nitrogen and oxygen atoms in total. The van der Waals surface area contributed by atoms with Crippen molar-refractivity contribution in [3.05, 3.63) is 114 Å². The van der Waals surface area contributed by atoms with Gasteiger partial charge in [-0.1, -0.05) is 72.8 Å². The predicted molar refractivity (Wildman–Crippen MR) is 207 cm³/mol. The lowest BCUT2D eigenvalue weighted by molar-refractivity contribution is -0.253. The van der Waals surface area contributed by atoms with Crippen molar-refractivity contribution in [1.82, 2.24) is 25.5 Å². The summed E-state index contributed by atoms with van der Waals surface area (Å²) in [5, 5.41) is 16.3. The smallest absolute Gasteiger partial charge is 0.315 e. The molecule has 2 amide bonds. The average Bonchev–Trinajstić information content (AvgIpc) is 3.20. The summed E-state index contributed by atoms with van der Waals surface area (Å²) in [5.41, 5.74) is 6.20. The zero-order chi connectivity index (χ0) is 36.5. The molecule has 6 aliphatic rings. The van der Waals surface area contributed by atoms with Gasteiger partial charge in [0.2, 0.25) is 5.95 Å². The van der Waals surface area contributed by atoms with E-state index >= 15 is 0 Å². The van der Waals surface area contributed by atoms with E-state index in [0.717, 1.165) is 115 Å². The maximum Gasteiger partial charge on any atom is 0.315 e. The molecule has 2 saturated heterocycles. The molecule has 2 aliphatic heterocycles. The minimum atomic E-state index is -0.524. The molecule has 54 heavy (non-hydrogen) atoms. The number of urea groups is 1. The molecule has 3 heterocycles. The average molecular weight is 729 g/mol. The van der Waals surface area contributed by atoms with E-state index in [1.54, 1.807) is 12.4 Å². The van der Waals surface area contributed by atoms with Gasteiger partial charge < -0.3 is 30.1 Å². The highest BCUT2D eigenvalue weighted by atomic mass is 16.7. The quantitative estimate of drug-likeness (QED) is 0.164. The van der Waals surface area contributed by atoms with Crippen LogP contribution in [0, 0.1) is 17.8 Å². The number of carbonyl (C=O) groups is 1. The number of aliphatic hydroxyl groups is 1. The number of amides is 2.